The summed E-state index contributed by atoms with van der Waals surface area (Å²) < 4.78 is 26.8. The van der Waals surface area contributed by atoms with Gasteiger partial charge in [0.15, 0.2) is 0 Å². The first-order chi connectivity index (χ1) is 24.2. The molecule has 2 atom stereocenters. The lowest BCUT2D eigenvalue weighted by atomic mass is 9.94. The number of amides is 2. The number of hydrogen-bond acceptors (Lipinski definition) is 7. The zero-order valence-electron chi connectivity index (χ0n) is 28.8. The van der Waals surface area contributed by atoms with Gasteiger partial charge in [0.1, 0.15) is 5.82 Å². The first-order valence-electron chi connectivity index (χ1n) is 17.1. The molecule has 3 aromatic carbocycles. The molecule has 0 saturated carbocycles. The van der Waals surface area contributed by atoms with E-state index in [-0.39, 0.29) is 49.4 Å². The molecule has 0 fully saturated rings. The number of para-hydroxylation sites is 1. The molecule has 1 unspecified atom stereocenters. The smallest absolute Gasteiger partial charge is 0.258 e. The monoisotopic (exact) mass is 688 g/mol. The van der Waals surface area contributed by atoms with Crippen LogP contribution in [0.1, 0.15) is 55.1 Å². The Balaban J connectivity index is 1.56. The van der Waals surface area contributed by atoms with Crippen molar-refractivity contribution in [1.29, 1.82) is 0 Å². The van der Waals surface area contributed by atoms with Crippen LogP contribution in [0.5, 0.6) is 0 Å². The lowest BCUT2D eigenvalue weighted by Gasteiger charge is -2.20. The Kier molecular flexibility index (Phi) is 15.1. The summed E-state index contributed by atoms with van der Waals surface area (Å²) in [6.07, 6.45) is -1.96. The fourth-order valence-corrected chi connectivity index (χ4v) is 5.96. The van der Waals surface area contributed by atoms with Crippen LogP contribution in [0.2, 0.25) is 0 Å². The van der Waals surface area contributed by atoms with E-state index in [0.717, 1.165) is 17.0 Å². The van der Waals surface area contributed by atoms with Crippen molar-refractivity contribution in [1.82, 2.24) is 9.88 Å². The van der Waals surface area contributed by atoms with E-state index in [2.05, 4.69) is 10.6 Å². The van der Waals surface area contributed by atoms with Crippen molar-refractivity contribution < 1.29 is 33.7 Å². The van der Waals surface area contributed by atoms with E-state index in [1.807, 2.05) is 79.1 Å². The molecule has 0 radical (unpaired) electrons. The molecule has 0 spiro atoms. The molecule has 50 heavy (non-hydrogen) atoms. The van der Waals surface area contributed by atoms with E-state index in [1.54, 1.807) is 12.1 Å². The molecule has 6 N–H and O–H groups in total. The highest BCUT2D eigenvalue weighted by Crippen LogP contribution is 2.42. The Bertz CT molecular complexity index is 1630. The highest BCUT2D eigenvalue weighted by Gasteiger charge is 2.31. The van der Waals surface area contributed by atoms with Gasteiger partial charge in [-0.3, -0.25) is 9.59 Å². The van der Waals surface area contributed by atoms with E-state index in [4.69, 9.17) is 15.2 Å². The number of aliphatic hydroxyl groups excluding tert-OH is 2. The molecule has 2 amide bonds. The van der Waals surface area contributed by atoms with Crippen LogP contribution in [0.15, 0.2) is 84.9 Å². The minimum Gasteiger partial charge on any atom is -0.393 e. The number of carbonyl (C=O) groups is 2. The van der Waals surface area contributed by atoms with E-state index in [9.17, 15) is 24.2 Å². The maximum Gasteiger partial charge on any atom is 0.258 e. The van der Waals surface area contributed by atoms with Gasteiger partial charge in [-0.25, -0.2) is 4.39 Å². The predicted octanol–water partition coefficient (Wildman–Crippen LogP) is 5.34. The van der Waals surface area contributed by atoms with Crippen molar-refractivity contribution in [3.8, 4) is 22.4 Å². The quantitative estimate of drug-likeness (QED) is 0.0788. The van der Waals surface area contributed by atoms with Gasteiger partial charge in [0.25, 0.3) is 5.91 Å². The number of rotatable bonds is 20. The van der Waals surface area contributed by atoms with Gasteiger partial charge >= 0.3 is 0 Å². The van der Waals surface area contributed by atoms with Crippen LogP contribution in [-0.2, 0) is 20.8 Å². The number of hydrogen-bond donors (Lipinski definition) is 5. The van der Waals surface area contributed by atoms with Crippen molar-refractivity contribution in [3.05, 3.63) is 102 Å². The minimum absolute atomic E-state index is 0.0144. The first-order valence-corrected chi connectivity index (χ1v) is 17.1. The Morgan fingerprint density at radius 1 is 0.840 bits per heavy atom. The lowest BCUT2D eigenvalue weighted by Crippen LogP contribution is -2.32. The molecular formula is C39H49FN4O6. The van der Waals surface area contributed by atoms with Gasteiger partial charge in [-0.1, -0.05) is 62.4 Å². The summed E-state index contributed by atoms with van der Waals surface area (Å²) in [5, 5.41) is 27.5. The second kappa shape index (κ2) is 19.7. The third-order valence-corrected chi connectivity index (χ3v) is 8.14. The standard InChI is InChI=1S/C39H49FN4O6/c1-27(2)37-36(39(48)43-31-11-7-4-8-12-31)35(28-9-5-3-6-10-28)38(29-13-15-30(40)16-14-29)44(37)20-17-32(45)25-33(46)26-34(47)42-19-22-50-24-23-49-21-18-41/h3-16,27,32-33,45-46H,17-26,41H2,1-2H3,(H,42,47)(H,43,48)/t32-,33?/m1/s1. The third-order valence-electron chi connectivity index (χ3n) is 8.14. The Morgan fingerprint density at radius 2 is 1.48 bits per heavy atom. The number of ether oxygens (including phenoxy) is 2. The van der Waals surface area contributed by atoms with Crippen molar-refractivity contribution in [3.63, 3.8) is 0 Å². The van der Waals surface area contributed by atoms with Crippen LogP contribution in [0.25, 0.3) is 22.4 Å². The van der Waals surface area contributed by atoms with E-state index in [0.29, 0.717) is 61.9 Å². The van der Waals surface area contributed by atoms with Gasteiger partial charge in [0.2, 0.25) is 5.91 Å². The number of nitrogens with one attached hydrogen (secondary N) is 2. The van der Waals surface area contributed by atoms with Gasteiger partial charge in [0.05, 0.1) is 56.3 Å². The van der Waals surface area contributed by atoms with Crippen LogP contribution in [0.3, 0.4) is 0 Å². The van der Waals surface area contributed by atoms with Crippen molar-refractivity contribution in [2.24, 2.45) is 5.73 Å². The highest BCUT2D eigenvalue weighted by atomic mass is 19.1. The fourth-order valence-electron chi connectivity index (χ4n) is 5.96. The Hall–Kier alpha value is -4.39. The summed E-state index contributed by atoms with van der Waals surface area (Å²) in [6, 6.07) is 25.0. The topological polar surface area (TPSA) is 148 Å². The number of nitrogens with zero attached hydrogens (tertiary/aromatic N) is 1. The molecule has 4 aromatic rings. The fraction of sp³-hybridized carbons (Fsp3) is 0.385. The van der Waals surface area contributed by atoms with Gasteiger partial charge in [0, 0.05) is 36.6 Å². The summed E-state index contributed by atoms with van der Waals surface area (Å²) in [4.78, 5) is 26.6. The van der Waals surface area contributed by atoms with Gasteiger partial charge in [-0.05, 0) is 66.3 Å². The molecule has 11 heteroatoms. The number of aliphatic hydroxyl groups is 2. The number of halogens is 1. The molecule has 0 aliphatic carbocycles. The number of benzene rings is 3. The van der Waals surface area contributed by atoms with Crippen LogP contribution >= 0.6 is 0 Å². The number of aromatic nitrogens is 1. The van der Waals surface area contributed by atoms with Crippen LogP contribution in [0, 0.1) is 5.82 Å². The second-order valence-corrected chi connectivity index (χ2v) is 12.4. The lowest BCUT2D eigenvalue weighted by molar-refractivity contribution is -0.123. The van der Waals surface area contributed by atoms with Gasteiger partial charge in [-0.15, -0.1) is 0 Å². The average molecular weight is 689 g/mol. The molecule has 0 aliphatic heterocycles. The molecule has 0 aliphatic rings. The molecule has 4 rings (SSSR count). The summed E-state index contributed by atoms with van der Waals surface area (Å²) in [6.45, 7) is 6.62. The summed E-state index contributed by atoms with van der Waals surface area (Å²) in [7, 11) is 0. The van der Waals surface area contributed by atoms with Gasteiger partial charge in [-0.2, -0.15) is 0 Å². The predicted molar refractivity (Wildman–Crippen MR) is 193 cm³/mol. The molecule has 268 valence electrons. The first kappa shape index (κ1) is 38.4. The zero-order chi connectivity index (χ0) is 35.9. The molecular weight excluding hydrogens is 639 g/mol. The minimum atomic E-state index is -1.06. The summed E-state index contributed by atoms with van der Waals surface area (Å²) >= 11 is 0. The van der Waals surface area contributed by atoms with E-state index in [1.165, 1.54) is 12.1 Å². The zero-order valence-corrected chi connectivity index (χ0v) is 28.8. The SMILES string of the molecule is CC(C)c1c(C(=O)Nc2ccccc2)c(-c2ccccc2)c(-c2ccc(F)cc2)n1CC[C@@H](O)CC(O)CC(=O)NCCOCCOCCN. The largest absolute Gasteiger partial charge is 0.393 e. The Labute approximate surface area is 293 Å². The average Bonchev–Trinajstić information content (AvgIpc) is 3.45. The highest BCUT2D eigenvalue weighted by molar-refractivity contribution is 6.12. The second-order valence-electron chi connectivity index (χ2n) is 12.4. The van der Waals surface area contributed by atoms with E-state index < -0.39 is 12.2 Å². The summed E-state index contributed by atoms with van der Waals surface area (Å²) in [5.41, 5.74) is 10.2. The third kappa shape index (κ3) is 11.1. The molecule has 10 nitrogen and oxygen atoms in total. The number of anilines is 1. The van der Waals surface area contributed by atoms with Crippen molar-refractivity contribution >= 4 is 17.5 Å². The number of nitrogens with two attached hydrogens (primary N) is 1. The Morgan fingerprint density at radius 3 is 2.12 bits per heavy atom. The summed E-state index contributed by atoms with van der Waals surface area (Å²) in [5.74, 6) is -1.13. The van der Waals surface area contributed by atoms with Crippen LogP contribution < -0.4 is 16.4 Å². The van der Waals surface area contributed by atoms with E-state index >= 15 is 0 Å². The number of carbonyl (C=O) groups excluding carboxylic acids is 2. The maximum atomic E-state index is 14.2. The van der Waals surface area contributed by atoms with Crippen molar-refractivity contribution in [2.45, 2.75) is 57.8 Å². The van der Waals surface area contributed by atoms with Crippen LogP contribution in [-0.4, -0.2) is 78.3 Å². The van der Waals surface area contributed by atoms with Crippen molar-refractivity contribution in [2.75, 3.05) is 44.8 Å². The van der Waals surface area contributed by atoms with Crippen LogP contribution in [0.4, 0.5) is 10.1 Å². The van der Waals surface area contributed by atoms with Gasteiger partial charge < -0.3 is 40.6 Å². The molecule has 1 heterocycles. The molecule has 0 saturated heterocycles. The molecule has 0 bridgehead atoms. The maximum absolute atomic E-state index is 14.2. The normalized spacial score (nSPS) is 12.5. The molecule has 1 aromatic heterocycles.